The standard InChI is InChI=1S/C18H19N3O2/c1-12-5-4-6-14(11-12)18-21-20-17(23-18)13(2)19-15-7-9-16(22-3)10-8-15/h4-11,13,19H,1-3H3. The highest BCUT2D eigenvalue weighted by atomic mass is 16.5. The van der Waals surface area contributed by atoms with Gasteiger partial charge in [-0.2, -0.15) is 0 Å². The molecule has 0 radical (unpaired) electrons. The molecule has 1 unspecified atom stereocenters. The Bertz CT molecular complexity index is 781. The third kappa shape index (κ3) is 3.51. The lowest BCUT2D eigenvalue weighted by Gasteiger charge is -2.11. The van der Waals surface area contributed by atoms with Crippen LogP contribution in [0.15, 0.2) is 52.9 Å². The van der Waals surface area contributed by atoms with Gasteiger partial charge in [-0.3, -0.25) is 0 Å². The van der Waals surface area contributed by atoms with Gasteiger partial charge in [-0.25, -0.2) is 0 Å². The summed E-state index contributed by atoms with van der Waals surface area (Å²) in [6.07, 6.45) is 0. The number of aryl methyl sites for hydroxylation is 1. The lowest BCUT2D eigenvalue weighted by molar-refractivity contribution is 0.415. The molecule has 23 heavy (non-hydrogen) atoms. The Labute approximate surface area is 135 Å². The Kier molecular flexibility index (Phi) is 4.28. The Morgan fingerprint density at radius 1 is 1.09 bits per heavy atom. The molecule has 5 heteroatoms. The summed E-state index contributed by atoms with van der Waals surface area (Å²) in [6.45, 7) is 4.02. The fourth-order valence-corrected chi connectivity index (χ4v) is 2.30. The van der Waals surface area contributed by atoms with Gasteiger partial charge in [-0.05, 0) is 50.2 Å². The number of anilines is 1. The van der Waals surface area contributed by atoms with Gasteiger partial charge in [0.05, 0.1) is 7.11 Å². The molecule has 0 saturated heterocycles. The van der Waals surface area contributed by atoms with Crippen molar-refractivity contribution < 1.29 is 9.15 Å². The Hall–Kier alpha value is -2.82. The van der Waals surface area contributed by atoms with Crippen LogP contribution in [0.1, 0.15) is 24.4 Å². The highest BCUT2D eigenvalue weighted by Crippen LogP contribution is 2.24. The molecule has 1 heterocycles. The molecule has 1 aromatic heterocycles. The van der Waals surface area contributed by atoms with E-state index in [0.717, 1.165) is 22.6 Å². The van der Waals surface area contributed by atoms with Crippen LogP contribution in [0.4, 0.5) is 5.69 Å². The van der Waals surface area contributed by atoms with Crippen LogP contribution < -0.4 is 10.1 Å². The van der Waals surface area contributed by atoms with Gasteiger partial charge in [-0.1, -0.05) is 17.7 Å². The van der Waals surface area contributed by atoms with Crippen molar-refractivity contribution in [1.82, 2.24) is 10.2 Å². The molecular formula is C18H19N3O2. The van der Waals surface area contributed by atoms with Gasteiger partial charge in [0.1, 0.15) is 11.8 Å². The first-order valence-corrected chi connectivity index (χ1v) is 7.47. The summed E-state index contributed by atoms with van der Waals surface area (Å²) in [6, 6.07) is 15.6. The number of nitrogens with one attached hydrogen (secondary N) is 1. The summed E-state index contributed by atoms with van der Waals surface area (Å²) < 4.78 is 10.9. The minimum Gasteiger partial charge on any atom is -0.497 e. The smallest absolute Gasteiger partial charge is 0.247 e. The van der Waals surface area contributed by atoms with E-state index in [1.165, 1.54) is 0 Å². The van der Waals surface area contributed by atoms with Crippen LogP contribution >= 0.6 is 0 Å². The summed E-state index contributed by atoms with van der Waals surface area (Å²) in [5.41, 5.74) is 3.06. The van der Waals surface area contributed by atoms with Gasteiger partial charge in [0, 0.05) is 11.3 Å². The molecule has 1 N–H and O–H groups in total. The monoisotopic (exact) mass is 309 g/mol. The lowest BCUT2D eigenvalue weighted by atomic mass is 10.1. The van der Waals surface area contributed by atoms with Crippen molar-refractivity contribution >= 4 is 5.69 Å². The minimum atomic E-state index is -0.0885. The summed E-state index contributed by atoms with van der Waals surface area (Å²) in [5, 5.41) is 11.6. The molecule has 118 valence electrons. The molecule has 0 amide bonds. The van der Waals surface area contributed by atoms with Gasteiger partial charge in [0.15, 0.2) is 0 Å². The number of ether oxygens (including phenoxy) is 1. The maximum absolute atomic E-state index is 5.79. The first-order valence-electron chi connectivity index (χ1n) is 7.47. The maximum Gasteiger partial charge on any atom is 0.247 e. The number of hydrogen-bond donors (Lipinski definition) is 1. The van der Waals surface area contributed by atoms with E-state index in [9.17, 15) is 0 Å². The van der Waals surface area contributed by atoms with Crippen molar-refractivity contribution in [3.8, 4) is 17.2 Å². The lowest BCUT2D eigenvalue weighted by Crippen LogP contribution is -2.06. The minimum absolute atomic E-state index is 0.0885. The van der Waals surface area contributed by atoms with Gasteiger partial charge in [0.2, 0.25) is 11.8 Å². The zero-order chi connectivity index (χ0) is 16.2. The van der Waals surface area contributed by atoms with E-state index in [1.54, 1.807) is 7.11 Å². The summed E-state index contributed by atoms with van der Waals surface area (Å²) in [5.74, 6) is 1.91. The zero-order valence-electron chi connectivity index (χ0n) is 13.4. The fourth-order valence-electron chi connectivity index (χ4n) is 2.30. The predicted molar refractivity (Wildman–Crippen MR) is 89.5 cm³/mol. The second kappa shape index (κ2) is 6.52. The van der Waals surface area contributed by atoms with Crippen LogP contribution in [0.25, 0.3) is 11.5 Å². The first kappa shape index (κ1) is 15.1. The highest BCUT2D eigenvalue weighted by molar-refractivity contribution is 5.54. The van der Waals surface area contributed by atoms with Crippen LogP contribution in [-0.2, 0) is 0 Å². The van der Waals surface area contributed by atoms with E-state index in [4.69, 9.17) is 9.15 Å². The third-order valence-electron chi connectivity index (χ3n) is 3.55. The molecule has 2 aromatic carbocycles. The van der Waals surface area contributed by atoms with Gasteiger partial charge < -0.3 is 14.5 Å². The molecular weight excluding hydrogens is 290 g/mol. The molecule has 0 fully saturated rings. The second-order valence-corrected chi connectivity index (χ2v) is 5.41. The summed E-state index contributed by atoms with van der Waals surface area (Å²) >= 11 is 0. The van der Waals surface area contributed by atoms with Crippen molar-refractivity contribution in [2.24, 2.45) is 0 Å². The zero-order valence-corrected chi connectivity index (χ0v) is 13.4. The second-order valence-electron chi connectivity index (χ2n) is 5.41. The van der Waals surface area contributed by atoms with Crippen molar-refractivity contribution in [3.63, 3.8) is 0 Å². The largest absolute Gasteiger partial charge is 0.497 e. The van der Waals surface area contributed by atoms with Crippen LogP contribution in [0.3, 0.4) is 0 Å². The maximum atomic E-state index is 5.79. The van der Waals surface area contributed by atoms with Crippen LogP contribution in [-0.4, -0.2) is 17.3 Å². The summed E-state index contributed by atoms with van der Waals surface area (Å²) in [7, 11) is 1.65. The molecule has 0 bridgehead atoms. The quantitative estimate of drug-likeness (QED) is 0.764. The first-order chi connectivity index (χ1) is 11.2. The van der Waals surface area contributed by atoms with Gasteiger partial charge in [-0.15, -0.1) is 10.2 Å². The van der Waals surface area contributed by atoms with Crippen LogP contribution in [0, 0.1) is 6.92 Å². The third-order valence-corrected chi connectivity index (χ3v) is 3.55. The Balaban J connectivity index is 1.74. The van der Waals surface area contributed by atoms with Gasteiger partial charge in [0.25, 0.3) is 0 Å². The van der Waals surface area contributed by atoms with E-state index < -0.39 is 0 Å². The number of hydrogen-bond acceptors (Lipinski definition) is 5. The van der Waals surface area contributed by atoms with E-state index in [-0.39, 0.29) is 6.04 Å². The van der Waals surface area contributed by atoms with E-state index in [2.05, 4.69) is 15.5 Å². The van der Waals surface area contributed by atoms with Crippen LogP contribution in [0.5, 0.6) is 5.75 Å². The van der Waals surface area contributed by atoms with Crippen molar-refractivity contribution in [3.05, 3.63) is 60.0 Å². The molecule has 3 rings (SSSR count). The molecule has 1 atom stereocenters. The van der Waals surface area contributed by atoms with Crippen molar-refractivity contribution in [2.45, 2.75) is 19.9 Å². The van der Waals surface area contributed by atoms with Crippen molar-refractivity contribution in [1.29, 1.82) is 0 Å². The number of benzene rings is 2. The Morgan fingerprint density at radius 2 is 1.87 bits per heavy atom. The van der Waals surface area contributed by atoms with Gasteiger partial charge >= 0.3 is 0 Å². The molecule has 5 nitrogen and oxygen atoms in total. The number of methoxy groups -OCH3 is 1. The topological polar surface area (TPSA) is 60.2 Å². The van der Waals surface area contributed by atoms with E-state index in [1.807, 2.05) is 62.4 Å². The number of nitrogens with zero attached hydrogens (tertiary/aromatic N) is 2. The number of aromatic nitrogens is 2. The number of rotatable bonds is 5. The molecule has 0 spiro atoms. The average Bonchev–Trinajstić information content (AvgIpc) is 3.06. The molecule has 0 aliphatic rings. The SMILES string of the molecule is COc1ccc(NC(C)c2nnc(-c3cccc(C)c3)o2)cc1. The fraction of sp³-hybridized carbons (Fsp3) is 0.222. The van der Waals surface area contributed by atoms with Crippen molar-refractivity contribution in [2.75, 3.05) is 12.4 Å². The van der Waals surface area contributed by atoms with Crippen LogP contribution in [0.2, 0.25) is 0 Å². The van der Waals surface area contributed by atoms with E-state index >= 15 is 0 Å². The summed E-state index contributed by atoms with van der Waals surface area (Å²) in [4.78, 5) is 0. The normalized spacial score (nSPS) is 12.0. The molecule has 3 aromatic rings. The molecule has 0 aliphatic heterocycles. The molecule has 0 saturated carbocycles. The predicted octanol–water partition coefficient (Wildman–Crippen LogP) is 4.23. The average molecular weight is 309 g/mol. The Morgan fingerprint density at radius 3 is 2.57 bits per heavy atom. The molecule has 0 aliphatic carbocycles. The highest BCUT2D eigenvalue weighted by Gasteiger charge is 2.15. The van der Waals surface area contributed by atoms with E-state index in [0.29, 0.717) is 11.8 Å².